The molecule has 0 fully saturated rings. The molecule has 0 amide bonds. The van der Waals surface area contributed by atoms with Gasteiger partial charge in [0.25, 0.3) is 0 Å². The molecule has 0 bridgehead atoms. The van der Waals surface area contributed by atoms with Crippen molar-refractivity contribution in [1.82, 2.24) is 9.13 Å². The molecule has 1 heterocycles. The molecule has 5 rings (SSSR count). The normalized spacial score (nSPS) is 15.7. The number of ether oxygens (including phenoxy) is 1. The van der Waals surface area contributed by atoms with Gasteiger partial charge in [0.15, 0.2) is 0 Å². The van der Waals surface area contributed by atoms with Crippen LogP contribution in [-0.2, 0) is 11.3 Å². The van der Waals surface area contributed by atoms with Crippen molar-refractivity contribution >= 4 is 34.2 Å². The predicted molar refractivity (Wildman–Crippen MR) is 140 cm³/mol. The molecule has 1 aliphatic rings. The summed E-state index contributed by atoms with van der Waals surface area (Å²) in [5.41, 5.74) is 4.13. The second-order valence-electron chi connectivity index (χ2n) is 9.26. The van der Waals surface area contributed by atoms with E-state index in [2.05, 4.69) is 17.7 Å². The van der Waals surface area contributed by atoms with Gasteiger partial charge in [-0.2, -0.15) is 0 Å². The van der Waals surface area contributed by atoms with Gasteiger partial charge in [-0.05, 0) is 72.7 Å². The van der Waals surface area contributed by atoms with Gasteiger partial charge in [-0.1, -0.05) is 48.9 Å². The first-order chi connectivity index (χ1) is 17.4. The van der Waals surface area contributed by atoms with Crippen molar-refractivity contribution in [2.24, 2.45) is 5.92 Å². The number of carbonyl (C=O) groups is 1. The molecule has 184 valence electrons. The zero-order valence-corrected chi connectivity index (χ0v) is 20.9. The zero-order chi connectivity index (χ0) is 25.4. The minimum Gasteiger partial charge on any atom is -0.465 e. The summed E-state index contributed by atoms with van der Waals surface area (Å²) in [5.74, 6) is -0.760. The highest BCUT2D eigenvalue weighted by atomic mass is 35.5. The summed E-state index contributed by atoms with van der Waals surface area (Å²) >= 11 is 6.29. The van der Waals surface area contributed by atoms with E-state index >= 15 is 4.39 Å². The average molecular weight is 505 g/mol. The lowest BCUT2D eigenvalue weighted by atomic mass is 9.88. The van der Waals surface area contributed by atoms with Crippen LogP contribution in [0.25, 0.3) is 22.3 Å². The van der Waals surface area contributed by atoms with Crippen LogP contribution >= 0.6 is 11.6 Å². The minimum atomic E-state index is -0.765. The van der Waals surface area contributed by atoms with Crippen LogP contribution in [0.5, 0.6) is 0 Å². The quantitative estimate of drug-likeness (QED) is 0.287. The Morgan fingerprint density at radius 2 is 1.89 bits per heavy atom. The molecule has 0 saturated carbocycles. The Bertz CT molecular complexity index is 1550. The van der Waals surface area contributed by atoms with Crippen LogP contribution in [0.3, 0.4) is 0 Å². The van der Waals surface area contributed by atoms with E-state index in [4.69, 9.17) is 11.6 Å². The molecule has 0 aliphatic heterocycles. The summed E-state index contributed by atoms with van der Waals surface area (Å²) in [6, 6.07) is 17.6. The highest BCUT2D eigenvalue weighted by Gasteiger charge is 2.20. The molecule has 1 aromatic heterocycles. The molecule has 0 saturated heterocycles. The van der Waals surface area contributed by atoms with Gasteiger partial charge in [0.05, 0.1) is 35.9 Å². The van der Waals surface area contributed by atoms with E-state index in [1.54, 1.807) is 34.9 Å². The van der Waals surface area contributed by atoms with E-state index in [1.165, 1.54) is 29.7 Å². The number of imidazole rings is 1. The summed E-state index contributed by atoms with van der Waals surface area (Å²) in [5, 5.41) is 0.491. The minimum absolute atomic E-state index is 0.0518. The number of hydrogen-bond acceptors (Lipinski definition) is 3. The summed E-state index contributed by atoms with van der Waals surface area (Å²) < 4.78 is 22.9. The summed E-state index contributed by atoms with van der Waals surface area (Å²) in [6.45, 7) is 2.21. The van der Waals surface area contributed by atoms with E-state index in [9.17, 15) is 9.59 Å². The molecule has 4 aromatic rings. The lowest BCUT2D eigenvalue weighted by Crippen LogP contribution is -2.24. The number of allylic oxidation sites excluding steroid dienone is 2. The maximum Gasteiger partial charge on any atom is 0.340 e. The van der Waals surface area contributed by atoms with Gasteiger partial charge in [-0.15, -0.1) is 0 Å². The van der Waals surface area contributed by atoms with Crippen LogP contribution < -0.4 is 5.69 Å². The van der Waals surface area contributed by atoms with Gasteiger partial charge in [-0.3, -0.25) is 9.13 Å². The molecule has 7 heteroatoms. The van der Waals surface area contributed by atoms with Crippen LogP contribution in [0.2, 0.25) is 5.02 Å². The highest BCUT2D eigenvalue weighted by molar-refractivity contribution is 6.31. The molecule has 3 aromatic carbocycles. The summed E-state index contributed by atoms with van der Waals surface area (Å²) in [4.78, 5) is 25.6. The molecule has 5 nitrogen and oxygen atoms in total. The first kappa shape index (κ1) is 24.1. The smallest absolute Gasteiger partial charge is 0.340 e. The van der Waals surface area contributed by atoms with Gasteiger partial charge in [0, 0.05) is 10.6 Å². The van der Waals surface area contributed by atoms with Crippen LogP contribution in [0.4, 0.5) is 4.39 Å². The van der Waals surface area contributed by atoms with Gasteiger partial charge in [0.1, 0.15) is 5.82 Å². The largest absolute Gasteiger partial charge is 0.465 e. The maximum absolute atomic E-state index is 15.1. The number of carbonyl (C=O) groups excluding carboxylic acids is 1. The lowest BCUT2D eigenvalue weighted by molar-refractivity contribution is 0.0595. The number of methoxy groups -OCH3 is 1. The number of rotatable bonds is 5. The standard InChI is InChI=1S/C29H26ClFN2O3/c1-18-6-8-19(9-7-18)20-10-13-23(14-11-20)33-26-16-22(30)12-15-25(26)32(29(33)35)17-21-4-3-5-24(27(21)31)28(34)36-2/h3-5,8,10-16,18H,6-7,9,17H2,1-2H3. The molecule has 0 spiro atoms. The molecule has 1 atom stereocenters. The fourth-order valence-corrected chi connectivity index (χ4v) is 4.99. The Morgan fingerprint density at radius 3 is 2.58 bits per heavy atom. The second-order valence-corrected chi connectivity index (χ2v) is 9.70. The van der Waals surface area contributed by atoms with E-state index in [-0.39, 0.29) is 23.4 Å². The number of halogens is 2. The van der Waals surface area contributed by atoms with Gasteiger partial charge in [-0.25, -0.2) is 14.0 Å². The van der Waals surface area contributed by atoms with Crippen LogP contribution in [0, 0.1) is 11.7 Å². The van der Waals surface area contributed by atoms with Crippen LogP contribution in [0.15, 0.2) is 71.5 Å². The predicted octanol–water partition coefficient (Wildman–Crippen LogP) is 6.62. The second kappa shape index (κ2) is 9.78. The Balaban J connectivity index is 1.59. The van der Waals surface area contributed by atoms with Crippen molar-refractivity contribution in [3.8, 4) is 5.69 Å². The Labute approximate surface area is 213 Å². The van der Waals surface area contributed by atoms with Crippen molar-refractivity contribution in [3.05, 3.63) is 105 Å². The van der Waals surface area contributed by atoms with E-state index in [1.807, 2.05) is 24.3 Å². The number of fused-ring (bicyclic) bond motifs is 1. The van der Waals surface area contributed by atoms with Crippen LogP contribution in [0.1, 0.15) is 47.7 Å². The first-order valence-electron chi connectivity index (χ1n) is 11.9. The number of aromatic nitrogens is 2. The molecule has 36 heavy (non-hydrogen) atoms. The third kappa shape index (κ3) is 4.37. The van der Waals surface area contributed by atoms with E-state index in [0.29, 0.717) is 27.7 Å². The molecule has 0 radical (unpaired) electrons. The molecule has 1 aliphatic carbocycles. The lowest BCUT2D eigenvalue weighted by Gasteiger charge is -2.18. The van der Waals surface area contributed by atoms with Crippen molar-refractivity contribution in [3.63, 3.8) is 0 Å². The SMILES string of the molecule is COC(=O)c1cccc(Cn2c(=O)n(-c3ccc(C4=CCC(C)CC4)cc3)c3cc(Cl)ccc32)c1F. The third-order valence-corrected chi connectivity index (χ3v) is 7.11. The first-order valence-corrected chi connectivity index (χ1v) is 12.3. The monoisotopic (exact) mass is 504 g/mol. The Hall–Kier alpha value is -3.64. The van der Waals surface area contributed by atoms with Gasteiger partial charge < -0.3 is 4.74 Å². The number of esters is 1. The fourth-order valence-electron chi connectivity index (χ4n) is 4.82. The van der Waals surface area contributed by atoms with E-state index < -0.39 is 11.8 Å². The van der Waals surface area contributed by atoms with Gasteiger partial charge in [0.2, 0.25) is 0 Å². The van der Waals surface area contributed by atoms with Crippen LogP contribution in [-0.4, -0.2) is 22.2 Å². The van der Waals surface area contributed by atoms with Gasteiger partial charge >= 0.3 is 11.7 Å². The number of hydrogen-bond donors (Lipinski definition) is 0. The average Bonchev–Trinajstić information content (AvgIpc) is 3.15. The Morgan fingerprint density at radius 1 is 1.11 bits per heavy atom. The van der Waals surface area contributed by atoms with E-state index in [0.717, 1.165) is 18.4 Å². The van der Waals surface area contributed by atoms with Crippen molar-refractivity contribution in [2.75, 3.05) is 7.11 Å². The third-order valence-electron chi connectivity index (χ3n) is 6.87. The summed E-state index contributed by atoms with van der Waals surface area (Å²) in [7, 11) is 1.20. The molecular formula is C29H26ClFN2O3. The van der Waals surface area contributed by atoms with Crippen molar-refractivity contribution in [2.45, 2.75) is 32.7 Å². The highest BCUT2D eigenvalue weighted by Crippen LogP contribution is 2.31. The van der Waals surface area contributed by atoms with Crippen molar-refractivity contribution < 1.29 is 13.9 Å². The molecule has 1 unspecified atom stereocenters. The fraction of sp³-hybridized carbons (Fsp3) is 0.241. The zero-order valence-electron chi connectivity index (χ0n) is 20.1. The maximum atomic E-state index is 15.1. The Kier molecular flexibility index (Phi) is 6.54. The van der Waals surface area contributed by atoms with Crippen molar-refractivity contribution in [1.29, 1.82) is 0 Å². The summed E-state index contributed by atoms with van der Waals surface area (Å²) in [6.07, 6.45) is 5.60. The topological polar surface area (TPSA) is 53.2 Å². The number of nitrogens with zero attached hydrogens (tertiary/aromatic N) is 2. The molecule has 0 N–H and O–H groups in total. The molecular weight excluding hydrogens is 479 g/mol. The number of benzene rings is 3.